The molecule has 0 saturated carbocycles. The smallest absolute Gasteiger partial charge is 0.358 e. The van der Waals surface area contributed by atoms with Gasteiger partial charge in [0.1, 0.15) is 12.0 Å². The van der Waals surface area contributed by atoms with Crippen LogP contribution in [0.5, 0.6) is 0 Å². The van der Waals surface area contributed by atoms with E-state index in [4.69, 9.17) is 4.74 Å². The minimum Gasteiger partial charge on any atom is -0.464 e. The quantitative estimate of drug-likeness (QED) is 0.400. The minimum atomic E-state index is -3.31. The second kappa shape index (κ2) is 7.58. The number of sulfone groups is 1. The fraction of sp³-hybridized carbons (Fsp3) is 0.714. The first-order valence-corrected chi connectivity index (χ1v) is 13.0. The van der Waals surface area contributed by atoms with Crippen LogP contribution in [0.3, 0.4) is 0 Å². The lowest BCUT2D eigenvalue weighted by Crippen LogP contribution is -2.22. The van der Waals surface area contributed by atoms with Crippen molar-refractivity contribution in [2.75, 3.05) is 20.0 Å². The Morgan fingerprint density at radius 1 is 1.39 bits per heavy atom. The van der Waals surface area contributed by atoms with Crippen molar-refractivity contribution >= 4 is 23.9 Å². The zero-order valence-electron chi connectivity index (χ0n) is 14.6. The summed E-state index contributed by atoms with van der Waals surface area (Å²) < 4.78 is 35.3. The van der Waals surface area contributed by atoms with E-state index in [0.717, 1.165) is 12.3 Å². The molecule has 0 N–H and O–H groups in total. The third kappa shape index (κ3) is 6.07. The van der Waals surface area contributed by atoms with Gasteiger partial charge in [-0.2, -0.15) is 5.10 Å². The molecule has 0 spiro atoms. The molecule has 0 amide bonds. The van der Waals surface area contributed by atoms with Crippen LogP contribution >= 0.6 is 0 Å². The number of rotatable bonds is 8. The van der Waals surface area contributed by atoms with E-state index in [0.29, 0.717) is 12.3 Å². The Labute approximate surface area is 138 Å². The number of ether oxygens (including phenoxy) is 2. The SMILES string of the molecule is COC(=O)c1cc(C(C)S(C)(=O)=O)n(COCC[Si](C)(C)C)n1. The summed E-state index contributed by atoms with van der Waals surface area (Å²) in [6.07, 6.45) is 1.15. The average molecular weight is 363 g/mol. The highest BCUT2D eigenvalue weighted by molar-refractivity contribution is 7.90. The van der Waals surface area contributed by atoms with Gasteiger partial charge in [-0.05, 0) is 19.0 Å². The molecule has 0 aliphatic heterocycles. The lowest BCUT2D eigenvalue weighted by Gasteiger charge is -2.16. The number of aromatic nitrogens is 2. The van der Waals surface area contributed by atoms with Crippen molar-refractivity contribution in [3.63, 3.8) is 0 Å². The molecule has 1 rings (SSSR count). The molecule has 1 aromatic heterocycles. The highest BCUT2D eigenvalue weighted by Crippen LogP contribution is 2.22. The molecule has 7 nitrogen and oxygen atoms in total. The van der Waals surface area contributed by atoms with Crippen molar-refractivity contribution in [1.29, 1.82) is 0 Å². The number of esters is 1. The summed E-state index contributed by atoms with van der Waals surface area (Å²) in [7, 11) is -3.26. The number of carbonyl (C=O) groups is 1. The maximum absolute atomic E-state index is 11.8. The average Bonchev–Trinajstić information content (AvgIpc) is 2.83. The molecule has 1 heterocycles. The first kappa shape index (κ1) is 19.9. The van der Waals surface area contributed by atoms with Crippen LogP contribution in [0.2, 0.25) is 25.7 Å². The van der Waals surface area contributed by atoms with Gasteiger partial charge in [-0.15, -0.1) is 0 Å². The van der Waals surface area contributed by atoms with Crippen LogP contribution in [0, 0.1) is 0 Å². The highest BCUT2D eigenvalue weighted by atomic mass is 32.2. The van der Waals surface area contributed by atoms with E-state index in [1.54, 1.807) is 6.92 Å². The van der Waals surface area contributed by atoms with E-state index in [1.807, 2.05) is 0 Å². The Balaban J connectivity index is 2.95. The van der Waals surface area contributed by atoms with Crippen LogP contribution in [-0.2, 0) is 26.0 Å². The standard InChI is InChI=1S/C14H26N2O5SSi/c1-11(22(3,18)19)13-9-12(14(17)20-2)15-16(13)10-21-7-8-23(4,5)6/h9,11H,7-8,10H2,1-6H3. The summed E-state index contributed by atoms with van der Waals surface area (Å²) in [5, 5.41) is 3.33. The number of hydrogen-bond acceptors (Lipinski definition) is 6. The molecule has 23 heavy (non-hydrogen) atoms. The molecule has 0 aliphatic carbocycles. The van der Waals surface area contributed by atoms with Crippen LogP contribution in [0.1, 0.15) is 28.4 Å². The normalized spacial score (nSPS) is 13.8. The van der Waals surface area contributed by atoms with E-state index in [9.17, 15) is 13.2 Å². The summed E-state index contributed by atoms with van der Waals surface area (Å²) in [5.41, 5.74) is 0.493. The largest absolute Gasteiger partial charge is 0.464 e. The van der Waals surface area contributed by atoms with Gasteiger partial charge in [0, 0.05) is 20.9 Å². The van der Waals surface area contributed by atoms with Crippen LogP contribution in [0.15, 0.2) is 6.07 Å². The van der Waals surface area contributed by atoms with Crippen molar-refractivity contribution in [3.05, 3.63) is 17.5 Å². The fourth-order valence-corrected chi connectivity index (χ4v) is 3.20. The molecular formula is C14H26N2O5SSi. The van der Waals surface area contributed by atoms with Crippen molar-refractivity contribution in [2.24, 2.45) is 0 Å². The molecule has 0 saturated heterocycles. The summed E-state index contributed by atoms with van der Waals surface area (Å²) in [6.45, 7) is 8.99. The first-order chi connectivity index (χ1) is 10.5. The molecule has 132 valence electrons. The monoisotopic (exact) mass is 362 g/mol. The van der Waals surface area contributed by atoms with Gasteiger partial charge in [0.15, 0.2) is 15.5 Å². The zero-order valence-corrected chi connectivity index (χ0v) is 16.4. The van der Waals surface area contributed by atoms with E-state index in [2.05, 4.69) is 29.5 Å². The maximum Gasteiger partial charge on any atom is 0.358 e. The van der Waals surface area contributed by atoms with Crippen molar-refractivity contribution < 1.29 is 22.7 Å². The predicted molar refractivity (Wildman–Crippen MR) is 90.9 cm³/mol. The molecule has 1 aromatic rings. The molecule has 0 fully saturated rings. The van der Waals surface area contributed by atoms with E-state index in [-0.39, 0.29) is 12.4 Å². The lowest BCUT2D eigenvalue weighted by molar-refractivity contribution is 0.0581. The minimum absolute atomic E-state index is 0.0757. The van der Waals surface area contributed by atoms with Crippen molar-refractivity contribution in [1.82, 2.24) is 9.78 Å². The molecule has 1 atom stereocenters. The Morgan fingerprint density at radius 3 is 2.48 bits per heavy atom. The Kier molecular flexibility index (Phi) is 6.55. The van der Waals surface area contributed by atoms with Gasteiger partial charge in [-0.3, -0.25) is 0 Å². The molecule has 0 bridgehead atoms. The second-order valence-corrected chi connectivity index (χ2v) is 14.8. The zero-order chi connectivity index (χ0) is 17.8. The Morgan fingerprint density at radius 2 is 2.00 bits per heavy atom. The first-order valence-electron chi connectivity index (χ1n) is 7.38. The van der Waals surface area contributed by atoms with Crippen LogP contribution in [0.4, 0.5) is 0 Å². The number of carbonyl (C=O) groups excluding carboxylic acids is 1. The van der Waals surface area contributed by atoms with E-state index >= 15 is 0 Å². The summed E-state index contributed by atoms with van der Waals surface area (Å²) in [5.74, 6) is -0.604. The summed E-state index contributed by atoms with van der Waals surface area (Å²) in [6, 6.07) is 2.44. The number of nitrogens with zero attached hydrogens (tertiary/aromatic N) is 2. The lowest BCUT2D eigenvalue weighted by atomic mass is 10.3. The Bertz CT molecular complexity index is 649. The van der Waals surface area contributed by atoms with Gasteiger partial charge in [0.05, 0.1) is 12.8 Å². The van der Waals surface area contributed by atoms with Gasteiger partial charge in [0.2, 0.25) is 0 Å². The topological polar surface area (TPSA) is 87.5 Å². The van der Waals surface area contributed by atoms with Crippen molar-refractivity contribution in [2.45, 2.75) is 44.6 Å². The van der Waals surface area contributed by atoms with Crippen LogP contribution < -0.4 is 0 Å². The predicted octanol–water partition coefficient (Wildman–Crippen LogP) is 2.09. The highest BCUT2D eigenvalue weighted by Gasteiger charge is 2.25. The van der Waals surface area contributed by atoms with Gasteiger partial charge >= 0.3 is 5.97 Å². The molecular weight excluding hydrogens is 336 g/mol. The molecule has 0 radical (unpaired) electrons. The van der Waals surface area contributed by atoms with Gasteiger partial charge < -0.3 is 9.47 Å². The van der Waals surface area contributed by atoms with E-state index < -0.39 is 29.1 Å². The second-order valence-electron chi connectivity index (χ2n) is 6.77. The molecule has 0 aromatic carbocycles. The molecule has 1 unspecified atom stereocenters. The molecule has 9 heteroatoms. The third-order valence-electron chi connectivity index (χ3n) is 3.47. The number of hydrogen-bond donors (Lipinski definition) is 0. The number of methoxy groups -OCH3 is 1. The van der Waals surface area contributed by atoms with Crippen LogP contribution in [0.25, 0.3) is 0 Å². The third-order valence-corrected chi connectivity index (χ3v) is 6.70. The summed E-state index contributed by atoms with van der Waals surface area (Å²) in [4.78, 5) is 11.6. The van der Waals surface area contributed by atoms with Gasteiger partial charge in [-0.25, -0.2) is 17.9 Å². The summed E-state index contributed by atoms with van der Waals surface area (Å²) >= 11 is 0. The maximum atomic E-state index is 11.8. The Hall–Kier alpha value is -1.19. The fourth-order valence-electron chi connectivity index (χ4n) is 1.81. The van der Waals surface area contributed by atoms with Gasteiger partial charge in [-0.1, -0.05) is 19.6 Å². The van der Waals surface area contributed by atoms with Crippen molar-refractivity contribution in [3.8, 4) is 0 Å². The molecule has 0 aliphatic rings. The van der Waals surface area contributed by atoms with E-state index in [1.165, 1.54) is 17.9 Å². The van der Waals surface area contributed by atoms with Crippen LogP contribution in [-0.4, -0.2) is 52.2 Å². The van der Waals surface area contributed by atoms with Gasteiger partial charge in [0.25, 0.3) is 0 Å².